The van der Waals surface area contributed by atoms with Gasteiger partial charge >= 0.3 is 20.2 Å². The van der Waals surface area contributed by atoms with Crippen molar-refractivity contribution in [1.29, 1.82) is 0 Å². The fourth-order valence-electron chi connectivity index (χ4n) is 2.10. The molecule has 18 nitrogen and oxygen atoms in total. The quantitative estimate of drug-likeness (QED) is 0.114. The van der Waals surface area contributed by atoms with Crippen LogP contribution in [0.1, 0.15) is 0 Å². The van der Waals surface area contributed by atoms with Gasteiger partial charge in [0.25, 0.3) is 20.2 Å². The van der Waals surface area contributed by atoms with Gasteiger partial charge in [-0.1, -0.05) is 0 Å². The maximum atomic E-state index is 10.8. The first-order valence-corrected chi connectivity index (χ1v) is 13.1. The Balaban J connectivity index is 0.000000340. The molecule has 192 valence electrons. The third kappa shape index (κ3) is 6.06. The second kappa shape index (κ2) is 8.91. The Labute approximate surface area is 189 Å². The van der Waals surface area contributed by atoms with Gasteiger partial charge in [-0.05, 0) is 0 Å². The molecule has 22 heteroatoms. The standard InChI is InChI=1S/2C6H6O9S2/c7-2-1-3(16(10,11)12)4(8)5(9)6(2)17(13,14)15;7-2-1-3(16(10,11)12)5(9)6(4(2)8)17(13,14)15/h2*1,7-9H,(H,10,11,12)(H,13,14,15). The van der Waals surface area contributed by atoms with E-state index in [4.69, 9.17) is 43.7 Å². The van der Waals surface area contributed by atoms with E-state index in [-0.39, 0.29) is 12.1 Å². The number of hydrogen-bond acceptors (Lipinski definition) is 14. The van der Waals surface area contributed by atoms with Crippen LogP contribution < -0.4 is 0 Å². The molecule has 0 aliphatic rings. The lowest BCUT2D eigenvalue weighted by Crippen LogP contribution is -2.05. The first-order valence-electron chi connectivity index (χ1n) is 7.38. The van der Waals surface area contributed by atoms with Crippen LogP contribution in [-0.2, 0) is 40.5 Å². The van der Waals surface area contributed by atoms with Crippen molar-refractivity contribution in [1.82, 2.24) is 0 Å². The normalized spacial score (nSPS) is 12.6. The smallest absolute Gasteiger partial charge is 0.302 e. The van der Waals surface area contributed by atoms with Crippen molar-refractivity contribution in [3.05, 3.63) is 12.1 Å². The molecule has 0 fully saturated rings. The fourth-order valence-corrected chi connectivity index (χ4v) is 4.74. The van der Waals surface area contributed by atoms with Crippen LogP contribution in [0.25, 0.3) is 0 Å². The van der Waals surface area contributed by atoms with E-state index in [9.17, 15) is 38.8 Å². The Morgan fingerprint density at radius 3 is 1.12 bits per heavy atom. The number of phenols is 6. The lowest BCUT2D eigenvalue weighted by molar-refractivity contribution is 0.361. The Morgan fingerprint density at radius 1 is 0.412 bits per heavy atom. The van der Waals surface area contributed by atoms with Crippen LogP contribution in [0.4, 0.5) is 0 Å². The summed E-state index contributed by atoms with van der Waals surface area (Å²) in [4.78, 5) is -5.77. The molecule has 0 radical (unpaired) electrons. The first kappa shape index (κ1) is 28.9. The van der Waals surface area contributed by atoms with Crippen LogP contribution >= 0.6 is 0 Å². The Kier molecular flexibility index (Phi) is 7.58. The maximum Gasteiger partial charge on any atom is 0.302 e. The molecule has 0 spiro atoms. The summed E-state index contributed by atoms with van der Waals surface area (Å²) in [6, 6.07) is 0.377. The minimum Gasteiger partial charge on any atom is -0.506 e. The number of hydrogen-bond donors (Lipinski definition) is 10. The second-order valence-corrected chi connectivity index (χ2v) is 11.2. The summed E-state index contributed by atoms with van der Waals surface area (Å²) in [5.41, 5.74) is 0. The molecule has 0 amide bonds. The van der Waals surface area contributed by atoms with Gasteiger partial charge in [-0.15, -0.1) is 0 Å². The SMILES string of the molecule is O=S(=O)(O)c1cc(O)c(O)c(S(=O)(=O)O)c1O.O=S(=O)(O)c1cc(O)c(S(=O)(=O)O)c(O)c1O. The molecule has 2 rings (SSSR count). The molecule has 0 aliphatic carbocycles. The lowest BCUT2D eigenvalue weighted by atomic mass is 10.3. The summed E-state index contributed by atoms with van der Waals surface area (Å²) in [5.74, 6) is -8.78. The van der Waals surface area contributed by atoms with Crippen molar-refractivity contribution in [2.45, 2.75) is 19.6 Å². The molecule has 2 aromatic rings. The van der Waals surface area contributed by atoms with Crippen molar-refractivity contribution in [3.8, 4) is 34.5 Å². The van der Waals surface area contributed by atoms with Crippen LogP contribution in [0.2, 0.25) is 0 Å². The van der Waals surface area contributed by atoms with E-state index in [1.165, 1.54) is 0 Å². The fraction of sp³-hybridized carbons (Fsp3) is 0. The number of aromatic hydroxyl groups is 6. The summed E-state index contributed by atoms with van der Waals surface area (Å²) in [7, 11) is -20.3. The van der Waals surface area contributed by atoms with Crippen molar-refractivity contribution >= 4 is 40.5 Å². The molecular formula is C12H12O18S4. The highest BCUT2D eigenvalue weighted by molar-refractivity contribution is 7.87. The van der Waals surface area contributed by atoms with E-state index in [0.29, 0.717) is 0 Å². The third-order valence-electron chi connectivity index (χ3n) is 3.42. The zero-order chi connectivity index (χ0) is 27.2. The van der Waals surface area contributed by atoms with Crippen molar-refractivity contribution in [2.24, 2.45) is 0 Å². The lowest BCUT2D eigenvalue weighted by Gasteiger charge is -2.09. The molecule has 0 atom stereocenters. The average molecular weight is 572 g/mol. The van der Waals surface area contributed by atoms with Crippen LogP contribution in [0.15, 0.2) is 31.7 Å². The summed E-state index contributed by atoms with van der Waals surface area (Å²) in [6.45, 7) is 0. The highest BCUT2D eigenvalue weighted by Crippen LogP contribution is 2.44. The zero-order valence-electron chi connectivity index (χ0n) is 15.5. The molecular weight excluding hydrogens is 560 g/mol. The van der Waals surface area contributed by atoms with Crippen molar-refractivity contribution in [2.75, 3.05) is 0 Å². The van der Waals surface area contributed by atoms with E-state index in [2.05, 4.69) is 0 Å². The summed E-state index contributed by atoms with van der Waals surface area (Å²) >= 11 is 0. The van der Waals surface area contributed by atoms with Crippen LogP contribution in [-0.4, -0.2) is 82.5 Å². The average Bonchev–Trinajstić information content (AvgIpc) is 2.57. The van der Waals surface area contributed by atoms with Gasteiger partial charge in [-0.3, -0.25) is 18.2 Å². The van der Waals surface area contributed by atoms with Gasteiger partial charge in [0.05, 0.1) is 0 Å². The van der Waals surface area contributed by atoms with Crippen molar-refractivity contribution < 1.29 is 82.5 Å². The second-order valence-electron chi connectivity index (χ2n) is 5.74. The largest absolute Gasteiger partial charge is 0.506 e. The molecule has 0 saturated carbocycles. The Bertz CT molecular complexity index is 1580. The topological polar surface area (TPSA) is 339 Å². The molecule has 0 bridgehead atoms. The maximum absolute atomic E-state index is 10.8. The molecule has 34 heavy (non-hydrogen) atoms. The number of rotatable bonds is 4. The molecule has 0 aromatic heterocycles. The van der Waals surface area contributed by atoms with Crippen LogP contribution in [0.3, 0.4) is 0 Å². The monoisotopic (exact) mass is 572 g/mol. The Hall–Kier alpha value is -3.12. The van der Waals surface area contributed by atoms with Gasteiger partial charge in [0.2, 0.25) is 0 Å². The van der Waals surface area contributed by atoms with Crippen LogP contribution in [0.5, 0.6) is 34.5 Å². The summed E-state index contributed by atoms with van der Waals surface area (Å²) in [6.07, 6.45) is 0. The predicted molar refractivity (Wildman–Crippen MR) is 102 cm³/mol. The van der Waals surface area contributed by atoms with Crippen molar-refractivity contribution in [3.63, 3.8) is 0 Å². The van der Waals surface area contributed by atoms with Gasteiger partial charge in [0.1, 0.15) is 15.5 Å². The van der Waals surface area contributed by atoms with Gasteiger partial charge in [0, 0.05) is 12.1 Å². The van der Waals surface area contributed by atoms with E-state index in [1.807, 2.05) is 0 Å². The van der Waals surface area contributed by atoms with Gasteiger partial charge in [-0.2, -0.15) is 33.7 Å². The number of benzene rings is 2. The zero-order valence-corrected chi connectivity index (χ0v) is 18.8. The highest BCUT2D eigenvalue weighted by Gasteiger charge is 2.31. The molecule has 10 N–H and O–H groups in total. The molecule has 2 aromatic carbocycles. The van der Waals surface area contributed by atoms with Gasteiger partial charge < -0.3 is 30.6 Å². The predicted octanol–water partition coefficient (Wildman–Crippen LogP) is -1.41. The number of phenolic OH excluding ortho intramolecular Hbond substituents is 6. The van der Waals surface area contributed by atoms with E-state index in [1.54, 1.807) is 0 Å². The van der Waals surface area contributed by atoms with Gasteiger partial charge in [0.15, 0.2) is 38.5 Å². The third-order valence-corrected chi connectivity index (χ3v) is 6.97. The first-order chi connectivity index (χ1) is 14.9. The molecule has 0 heterocycles. The molecule has 0 unspecified atom stereocenters. The molecule has 0 saturated heterocycles. The minimum atomic E-state index is -5.20. The van der Waals surface area contributed by atoms with E-state index >= 15 is 0 Å². The van der Waals surface area contributed by atoms with E-state index in [0.717, 1.165) is 0 Å². The van der Waals surface area contributed by atoms with E-state index < -0.39 is 94.6 Å². The minimum absolute atomic E-state index is 0.160. The Morgan fingerprint density at radius 2 is 0.765 bits per heavy atom. The summed E-state index contributed by atoms with van der Waals surface area (Å²) in [5, 5.41) is 54.7. The molecule has 0 aliphatic heterocycles. The highest BCUT2D eigenvalue weighted by atomic mass is 32.2. The van der Waals surface area contributed by atoms with Crippen LogP contribution in [0, 0.1) is 0 Å². The van der Waals surface area contributed by atoms with Gasteiger partial charge in [-0.25, -0.2) is 0 Å². The summed E-state index contributed by atoms with van der Waals surface area (Å²) < 4.78 is 120.